The molecule has 0 bridgehead atoms. The molecule has 0 radical (unpaired) electrons. The van der Waals surface area contributed by atoms with Gasteiger partial charge in [-0.15, -0.1) is 0 Å². The van der Waals surface area contributed by atoms with Gasteiger partial charge >= 0.3 is 0 Å². The van der Waals surface area contributed by atoms with E-state index < -0.39 is 0 Å². The molecular weight excluding hydrogens is 375 g/mol. The number of carbonyl (C=O) groups excluding carboxylic acids is 1. The van der Waals surface area contributed by atoms with Crippen LogP contribution in [0.2, 0.25) is 5.02 Å². The van der Waals surface area contributed by atoms with Crippen LogP contribution in [-0.2, 0) is 6.61 Å². The van der Waals surface area contributed by atoms with Crippen molar-refractivity contribution < 1.29 is 9.53 Å². The molecule has 0 atom stereocenters. The van der Waals surface area contributed by atoms with Gasteiger partial charge in [-0.2, -0.15) is 0 Å². The maximum atomic E-state index is 11.3. The summed E-state index contributed by atoms with van der Waals surface area (Å²) in [6, 6.07) is 13.2. The number of rotatable bonds is 4. The fraction of sp³-hybridized carbons (Fsp3) is 0.133. The van der Waals surface area contributed by atoms with Gasteiger partial charge in [0.25, 0.3) is 0 Å². The first-order valence-electron chi connectivity index (χ1n) is 5.74. The average molecular weight is 387 g/mol. The second kappa shape index (κ2) is 6.39. The molecule has 0 aliphatic heterocycles. The Hall–Kier alpha value is -1.07. The predicted molar refractivity (Wildman–Crippen MR) is 84.9 cm³/mol. The highest BCUT2D eigenvalue weighted by molar-refractivity contribution is 14.1. The van der Waals surface area contributed by atoms with Gasteiger partial charge in [0.15, 0.2) is 5.78 Å². The van der Waals surface area contributed by atoms with Gasteiger partial charge in [0.2, 0.25) is 0 Å². The Morgan fingerprint density at radius 3 is 2.63 bits per heavy atom. The third-order valence-electron chi connectivity index (χ3n) is 2.67. The summed E-state index contributed by atoms with van der Waals surface area (Å²) in [4.78, 5) is 11.3. The van der Waals surface area contributed by atoms with E-state index >= 15 is 0 Å². The molecule has 0 aliphatic rings. The summed E-state index contributed by atoms with van der Waals surface area (Å²) in [6.07, 6.45) is 0. The van der Waals surface area contributed by atoms with Crippen molar-refractivity contribution in [2.45, 2.75) is 13.5 Å². The SMILES string of the molecule is CC(=O)c1ccc(OCc2ccccc2I)cc1Cl. The Labute approximate surface area is 130 Å². The van der Waals surface area contributed by atoms with E-state index in [1.54, 1.807) is 18.2 Å². The van der Waals surface area contributed by atoms with Crippen LogP contribution >= 0.6 is 34.2 Å². The first kappa shape index (κ1) is 14.3. The minimum Gasteiger partial charge on any atom is -0.489 e. The quantitative estimate of drug-likeness (QED) is 0.561. The zero-order valence-corrected chi connectivity index (χ0v) is 13.2. The van der Waals surface area contributed by atoms with Crippen molar-refractivity contribution in [2.75, 3.05) is 0 Å². The van der Waals surface area contributed by atoms with Crippen molar-refractivity contribution in [1.29, 1.82) is 0 Å². The summed E-state index contributed by atoms with van der Waals surface area (Å²) in [7, 11) is 0. The Morgan fingerprint density at radius 1 is 1.26 bits per heavy atom. The molecule has 2 aromatic rings. The molecule has 0 heterocycles. The molecule has 0 amide bonds. The van der Waals surface area contributed by atoms with Gasteiger partial charge in [-0.1, -0.05) is 29.8 Å². The lowest BCUT2D eigenvalue weighted by atomic mass is 10.1. The van der Waals surface area contributed by atoms with Crippen molar-refractivity contribution in [3.8, 4) is 5.75 Å². The standard InChI is InChI=1S/C15H12ClIO2/c1-10(18)13-7-6-12(8-14(13)16)19-9-11-4-2-3-5-15(11)17/h2-8H,9H2,1H3. The molecule has 0 aromatic heterocycles. The summed E-state index contributed by atoms with van der Waals surface area (Å²) < 4.78 is 6.85. The van der Waals surface area contributed by atoms with Gasteiger partial charge in [-0.05, 0) is 53.8 Å². The molecule has 0 fully saturated rings. The van der Waals surface area contributed by atoms with Gasteiger partial charge in [-0.3, -0.25) is 4.79 Å². The highest BCUT2D eigenvalue weighted by atomic mass is 127. The van der Waals surface area contributed by atoms with E-state index in [2.05, 4.69) is 22.6 Å². The number of ether oxygens (including phenoxy) is 1. The minimum absolute atomic E-state index is 0.0471. The van der Waals surface area contributed by atoms with Gasteiger partial charge in [0.05, 0.1) is 5.02 Å². The number of ketones is 1. The molecule has 2 nitrogen and oxygen atoms in total. The summed E-state index contributed by atoms with van der Waals surface area (Å²) in [5.41, 5.74) is 1.64. The zero-order valence-electron chi connectivity index (χ0n) is 10.3. The number of hydrogen-bond acceptors (Lipinski definition) is 2. The first-order valence-corrected chi connectivity index (χ1v) is 7.20. The Kier molecular flexibility index (Phi) is 4.82. The molecule has 0 N–H and O–H groups in total. The van der Waals surface area contributed by atoms with Gasteiger partial charge < -0.3 is 4.74 Å². The van der Waals surface area contributed by atoms with Crippen LogP contribution in [0.4, 0.5) is 0 Å². The van der Waals surface area contributed by atoms with E-state index in [1.165, 1.54) is 6.92 Å². The number of hydrogen-bond donors (Lipinski definition) is 0. The summed E-state index contributed by atoms with van der Waals surface area (Å²) in [5, 5.41) is 0.424. The monoisotopic (exact) mass is 386 g/mol. The molecule has 0 unspecified atom stereocenters. The Morgan fingerprint density at radius 2 is 2.00 bits per heavy atom. The molecule has 0 aliphatic carbocycles. The van der Waals surface area contributed by atoms with E-state index in [-0.39, 0.29) is 5.78 Å². The Balaban J connectivity index is 2.11. The molecule has 0 saturated carbocycles. The maximum Gasteiger partial charge on any atom is 0.161 e. The van der Waals surface area contributed by atoms with Crippen molar-refractivity contribution >= 4 is 40.0 Å². The number of benzene rings is 2. The highest BCUT2D eigenvalue weighted by Gasteiger charge is 2.07. The molecule has 2 aromatic carbocycles. The van der Waals surface area contributed by atoms with E-state index in [0.717, 1.165) is 9.13 Å². The molecule has 0 saturated heterocycles. The van der Waals surface area contributed by atoms with E-state index in [9.17, 15) is 4.79 Å². The van der Waals surface area contributed by atoms with Crippen LogP contribution in [-0.4, -0.2) is 5.78 Å². The van der Waals surface area contributed by atoms with Gasteiger partial charge in [0, 0.05) is 14.7 Å². The third kappa shape index (κ3) is 3.70. The fourth-order valence-electron chi connectivity index (χ4n) is 1.65. The average Bonchev–Trinajstić information content (AvgIpc) is 2.37. The molecular formula is C15H12ClIO2. The van der Waals surface area contributed by atoms with Crippen LogP contribution in [0.15, 0.2) is 42.5 Å². The smallest absolute Gasteiger partial charge is 0.161 e. The lowest BCUT2D eigenvalue weighted by Gasteiger charge is -2.09. The second-order valence-electron chi connectivity index (χ2n) is 4.08. The predicted octanol–water partition coefficient (Wildman–Crippen LogP) is 4.73. The third-order valence-corrected chi connectivity index (χ3v) is 4.04. The maximum absolute atomic E-state index is 11.3. The van der Waals surface area contributed by atoms with E-state index in [4.69, 9.17) is 16.3 Å². The summed E-state index contributed by atoms with van der Waals surface area (Å²) >= 11 is 8.31. The lowest BCUT2D eigenvalue weighted by Crippen LogP contribution is -1.99. The largest absolute Gasteiger partial charge is 0.489 e. The first-order chi connectivity index (χ1) is 9.08. The van der Waals surface area contributed by atoms with Crippen molar-refractivity contribution in [2.24, 2.45) is 0 Å². The Bertz CT molecular complexity index is 611. The van der Waals surface area contributed by atoms with E-state index in [0.29, 0.717) is 22.9 Å². The normalized spacial score (nSPS) is 10.3. The van der Waals surface area contributed by atoms with Gasteiger partial charge in [0.1, 0.15) is 12.4 Å². The van der Waals surface area contributed by atoms with Crippen LogP contribution in [0.1, 0.15) is 22.8 Å². The highest BCUT2D eigenvalue weighted by Crippen LogP contribution is 2.24. The van der Waals surface area contributed by atoms with Crippen LogP contribution in [0.5, 0.6) is 5.75 Å². The zero-order chi connectivity index (χ0) is 13.8. The molecule has 98 valence electrons. The summed E-state index contributed by atoms with van der Waals surface area (Å²) in [5.74, 6) is 0.615. The van der Waals surface area contributed by atoms with Crippen LogP contribution in [0, 0.1) is 3.57 Å². The molecule has 0 spiro atoms. The van der Waals surface area contributed by atoms with Crippen molar-refractivity contribution in [3.05, 3.63) is 62.2 Å². The fourth-order valence-corrected chi connectivity index (χ4v) is 2.49. The minimum atomic E-state index is -0.0471. The molecule has 4 heteroatoms. The number of halogens is 2. The van der Waals surface area contributed by atoms with Crippen molar-refractivity contribution in [3.63, 3.8) is 0 Å². The van der Waals surface area contributed by atoms with Crippen LogP contribution in [0.25, 0.3) is 0 Å². The van der Waals surface area contributed by atoms with Gasteiger partial charge in [-0.25, -0.2) is 0 Å². The lowest BCUT2D eigenvalue weighted by molar-refractivity contribution is 0.101. The number of carbonyl (C=O) groups is 1. The van der Waals surface area contributed by atoms with Crippen molar-refractivity contribution in [1.82, 2.24) is 0 Å². The summed E-state index contributed by atoms with van der Waals surface area (Å²) in [6.45, 7) is 1.98. The van der Waals surface area contributed by atoms with Crippen LogP contribution < -0.4 is 4.74 Å². The van der Waals surface area contributed by atoms with Crippen LogP contribution in [0.3, 0.4) is 0 Å². The molecule has 2 rings (SSSR count). The number of Topliss-reactive ketones (excluding diaryl/α,β-unsaturated/α-hetero) is 1. The topological polar surface area (TPSA) is 26.3 Å². The molecule has 19 heavy (non-hydrogen) atoms. The second-order valence-corrected chi connectivity index (χ2v) is 5.65. The van der Waals surface area contributed by atoms with E-state index in [1.807, 2.05) is 24.3 Å².